The smallest absolute Gasteiger partial charge is 0.240 e. The molecule has 0 spiro atoms. The molecule has 0 fully saturated rings. The number of likely N-dealkylation sites (N-methyl/N-ethyl adjacent to an activating group) is 1. The normalized spacial score (nSPS) is 12.0. The Labute approximate surface area is 150 Å². The van der Waals surface area contributed by atoms with Crippen LogP contribution in [0.5, 0.6) is 0 Å². The van der Waals surface area contributed by atoms with Crippen molar-refractivity contribution in [3.05, 3.63) is 65.7 Å². The highest BCUT2D eigenvalue weighted by molar-refractivity contribution is 8.00. The molecule has 1 heterocycles. The van der Waals surface area contributed by atoms with Gasteiger partial charge in [-0.15, -0.1) is 5.10 Å². The third kappa shape index (κ3) is 3.88. The Kier molecular flexibility index (Phi) is 5.14. The molecule has 7 heteroatoms. The molecule has 2 aromatic carbocycles. The van der Waals surface area contributed by atoms with E-state index in [2.05, 4.69) is 15.5 Å². The first kappa shape index (κ1) is 17.2. The average molecular weight is 353 g/mol. The van der Waals surface area contributed by atoms with Crippen molar-refractivity contribution in [2.45, 2.75) is 17.3 Å². The van der Waals surface area contributed by atoms with Gasteiger partial charge in [-0.25, -0.2) is 0 Å². The highest BCUT2D eigenvalue weighted by Gasteiger charge is 2.26. The van der Waals surface area contributed by atoms with Crippen LogP contribution in [0.15, 0.2) is 59.8 Å². The first-order valence-corrected chi connectivity index (χ1v) is 8.72. The molecule has 0 bridgehead atoms. The summed E-state index contributed by atoms with van der Waals surface area (Å²) in [5.74, 6) is -0.00495. The van der Waals surface area contributed by atoms with Crippen LogP contribution in [0.2, 0.25) is 0 Å². The fourth-order valence-corrected chi connectivity index (χ4v) is 3.47. The number of hydrogen-bond acceptors (Lipinski definition) is 5. The molecule has 0 saturated heterocycles. The van der Waals surface area contributed by atoms with E-state index in [9.17, 15) is 4.79 Å². The van der Waals surface area contributed by atoms with E-state index in [1.807, 2.05) is 61.5 Å². The van der Waals surface area contributed by atoms with Crippen molar-refractivity contribution in [2.24, 2.45) is 0 Å². The topological polar surface area (TPSA) is 63.9 Å². The third-order valence-electron chi connectivity index (χ3n) is 3.71. The van der Waals surface area contributed by atoms with E-state index in [-0.39, 0.29) is 5.91 Å². The number of tetrazole rings is 1. The van der Waals surface area contributed by atoms with Gasteiger partial charge >= 0.3 is 0 Å². The quantitative estimate of drug-likeness (QED) is 0.660. The number of rotatable bonds is 5. The van der Waals surface area contributed by atoms with Crippen LogP contribution < -0.4 is 0 Å². The van der Waals surface area contributed by atoms with E-state index in [4.69, 9.17) is 0 Å². The Hall–Kier alpha value is -2.67. The minimum atomic E-state index is -0.411. The second kappa shape index (κ2) is 7.48. The number of amides is 1. The fraction of sp³-hybridized carbons (Fsp3) is 0.222. The van der Waals surface area contributed by atoms with Crippen molar-refractivity contribution in [2.75, 3.05) is 14.1 Å². The van der Waals surface area contributed by atoms with Gasteiger partial charge in [0.05, 0.1) is 5.69 Å². The Balaban J connectivity index is 1.95. The zero-order valence-electron chi connectivity index (χ0n) is 14.3. The Morgan fingerprint density at radius 1 is 1.08 bits per heavy atom. The Bertz CT molecular complexity index is 845. The number of carbonyl (C=O) groups excluding carboxylic acids is 1. The van der Waals surface area contributed by atoms with Crippen molar-refractivity contribution in [3.8, 4) is 5.69 Å². The number of hydrogen-bond donors (Lipinski definition) is 0. The standard InChI is InChI=1S/C18H19N5OS/c1-13-9-11-15(12-10-13)23-18(19-20-21-23)25-16(17(24)22(2)3)14-7-5-4-6-8-14/h4-12,16H,1-3H3/t16-/m0/s1. The van der Waals surface area contributed by atoms with Crippen LogP contribution in [0.3, 0.4) is 0 Å². The van der Waals surface area contributed by atoms with Crippen LogP contribution >= 0.6 is 11.8 Å². The molecule has 3 aromatic rings. The van der Waals surface area contributed by atoms with Gasteiger partial charge in [0.15, 0.2) is 0 Å². The summed E-state index contributed by atoms with van der Waals surface area (Å²) in [6.07, 6.45) is 0. The molecule has 0 radical (unpaired) electrons. The molecule has 25 heavy (non-hydrogen) atoms. The van der Waals surface area contributed by atoms with Crippen LogP contribution in [-0.2, 0) is 4.79 Å². The summed E-state index contributed by atoms with van der Waals surface area (Å²) in [5.41, 5.74) is 2.95. The second-order valence-corrected chi connectivity index (χ2v) is 6.92. The second-order valence-electron chi connectivity index (χ2n) is 5.85. The van der Waals surface area contributed by atoms with Crippen LogP contribution in [0, 0.1) is 6.92 Å². The van der Waals surface area contributed by atoms with Gasteiger partial charge in [-0.2, -0.15) is 4.68 Å². The molecule has 3 rings (SSSR count). The largest absolute Gasteiger partial charge is 0.348 e. The number of aryl methyl sites for hydroxylation is 1. The molecule has 1 atom stereocenters. The molecule has 128 valence electrons. The van der Waals surface area contributed by atoms with Crippen LogP contribution in [0.4, 0.5) is 0 Å². The van der Waals surface area contributed by atoms with Gasteiger partial charge in [0.25, 0.3) is 0 Å². The van der Waals surface area contributed by atoms with E-state index in [0.717, 1.165) is 16.8 Å². The summed E-state index contributed by atoms with van der Waals surface area (Å²) >= 11 is 1.35. The fourth-order valence-electron chi connectivity index (χ4n) is 2.33. The van der Waals surface area contributed by atoms with Crippen molar-refractivity contribution in [1.82, 2.24) is 25.1 Å². The molecule has 6 nitrogen and oxygen atoms in total. The van der Waals surface area contributed by atoms with Gasteiger partial charge in [0.1, 0.15) is 5.25 Å². The zero-order chi connectivity index (χ0) is 17.8. The van der Waals surface area contributed by atoms with E-state index >= 15 is 0 Å². The lowest BCUT2D eigenvalue weighted by molar-refractivity contribution is -0.128. The molecule has 1 amide bonds. The van der Waals surface area contributed by atoms with Gasteiger partial charge < -0.3 is 4.90 Å². The maximum Gasteiger partial charge on any atom is 0.240 e. The van der Waals surface area contributed by atoms with Crippen molar-refractivity contribution in [3.63, 3.8) is 0 Å². The Morgan fingerprint density at radius 2 is 1.76 bits per heavy atom. The predicted molar refractivity (Wildman–Crippen MR) is 97.6 cm³/mol. The van der Waals surface area contributed by atoms with E-state index in [1.165, 1.54) is 11.8 Å². The number of benzene rings is 2. The maximum absolute atomic E-state index is 12.7. The van der Waals surface area contributed by atoms with Crippen molar-refractivity contribution in [1.29, 1.82) is 0 Å². The average Bonchev–Trinajstić information content (AvgIpc) is 3.08. The monoisotopic (exact) mass is 353 g/mol. The van der Waals surface area contributed by atoms with Gasteiger partial charge in [-0.05, 0) is 35.0 Å². The minimum absolute atomic E-state index is 0.00495. The van der Waals surface area contributed by atoms with Crippen LogP contribution in [0.25, 0.3) is 5.69 Å². The van der Waals surface area contributed by atoms with Gasteiger partial charge in [0.2, 0.25) is 11.1 Å². The highest BCUT2D eigenvalue weighted by atomic mass is 32.2. The molecule has 0 aliphatic rings. The highest BCUT2D eigenvalue weighted by Crippen LogP contribution is 2.35. The number of thioether (sulfide) groups is 1. The molecular formula is C18H19N5OS. The summed E-state index contributed by atoms with van der Waals surface area (Å²) in [6.45, 7) is 2.03. The van der Waals surface area contributed by atoms with Crippen LogP contribution in [-0.4, -0.2) is 45.1 Å². The molecule has 0 N–H and O–H groups in total. The molecule has 0 unspecified atom stereocenters. The molecule has 0 aliphatic heterocycles. The third-order valence-corrected chi connectivity index (χ3v) is 4.88. The first-order chi connectivity index (χ1) is 12.1. The van der Waals surface area contributed by atoms with Gasteiger partial charge in [0, 0.05) is 14.1 Å². The van der Waals surface area contributed by atoms with Gasteiger partial charge in [-0.1, -0.05) is 59.8 Å². The van der Waals surface area contributed by atoms with Gasteiger partial charge in [-0.3, -0.25) is 4.79 Å². The zero-order valence-corrected chi connectivity index (χ0v) is 15.1. The lowest BCUT2D eigenvalue weighted by atomic mass is 10.1. The molecule has 1 aromatic heterocycles. The summed E-state index contributed by atoms with van der Waals surface area (Å²) in [4.78, 5) is 14.3. The number of aromatic nitrogens is 4. The molecule has 0 saturated carbocycles. The SMILES string of the molecule is Cc1ccc(-n2nnnc2S[C@H](C(=O)N(C)C)c2ccccc2)cc1. The Morgan fingerprint density at radius 3 is 2.40 bits per heavy atom. The van der Waals surface area contributed by atoms with E-state index < -0.39 is 5.25 Å². The molecular weight excluding hydrogens is 334 g/mol. The lowest BCUT2D eigenvalue weighted by Crippen LogP contribution is -2.27. The molecule has 0 aliphatic carbocycles. The summed E-state index contributed by atoms with van der Waals surface area (Å²) in [5, 5.41) is 12.1. The van der Waals surface area contributed by atoms with Crippen molar-refractivity contribution < 1.29 is 4.79 Å². The maximum atomic E-state index is 12.7. The minimum Gasteiger partial charge on any atom is -0.348 e. The number of carbonyl (C=O) groups is 1. The summed E-state index contributed by atoms with van der Waals surface area (Å²) in [7, 11) is 3.50. The summed E-state index contributed by atoms with van der Waals surface area (Å²) in [6, 6.07) is 17.6. The van der Waals surface area contributed by atoms with E-state index in [1.54, 1.807) is 23.7 Å². The van der Waals surface area contributed by atoms with Crippen molar-refractivity contribution >= 4 is 17.7 Å². The van der Waals surface area contributed by atoms with Crippen LogP contribution in [0.1, 0.15) is 16.4 Å². The first-order valence-electron chi connectivity index (χ1n) is 7.84. The summed E-state index contributed by atoms with van der Waals surface area (Å²) < 4.78 is 1.66. The van der Waals surface area contributed by atoms with E-state index in [0.29, 0.717) is 5.16 Å². The lowest BCUT2D eigenvalue weighted by Gasteiger charge is -2.20. The predicted octanol–water partition coefficient (Wildman–Crippen LogP) is 2.89. The number of nitrogens with zero attached hydrogens (tertiary/aromatic N) is 5.